The Kier molecular flexibility index (Phi) is 5.08. The summed E-state index contributed by atoms with van der Waals surface area (Å²) in [7, 11) is 0. The summed E-state index contributed by atoms with van der Waals surface area (Å²) in [5.41, 5.74) is 3.05. The number of esters is 1. The van der Waals surface area contributed by atoms with Crippen LogP contribution in [0, 0.1) is 11.3 Å². The molecule has 5 heteroatoms. The maximum Gasteiger partial charge on any atom is 0.315 e. The van der Waals surface area contributed by atoms with Gasteiger partial charge in [-0.15, -0.1) is 0 Å². The van der Waals surface area contributed by atoms with Gasteiger partial charge < -0.3 is 4.74 Å². The standard InChI is InChI=1S/C21H26N2O3/c1-5-14-19(20(25)26-6-2)17(13-8-7-9-22-12-13)18-15(23-14)10-21(3,4)11-16(18)24/h7-9,12,17,19H,5-6,10-11H2,1-4H3/t17-,19?/m0/s1. The van der Waals surface area contributed by atoms with Crippen molar-refractivity contribution in [2.24, 2.45) is 16.3 Å². The SMILES string of the molecule is CCOC(=O)C1C(CC)=NC2=C(C(=O)CC(C)(C)C2)[C@@H]1c1cccnc1. The van der Waals surface area contributed by atoms with Crippen LogP contribution < -0.4 is 0 Å². The van der Waals surface area contributed by atoms with E-state index in [9.17, 15) is 9.59 Å². The Hall–Kier alpha value is -2.30. The van der Waals surface area contributed by atoms with Crippen LogP contribution in [0.1, 0.15) is 58.4 Å². The molecule has 0 saturated heterocycles. The van der Waals surface area contributed by atoms with Gasteiger partial charge in [-0.3, -0.25) is 19.6 Å². The van der Waals surface area contributed by atoms with E-state index in [2.05, 4.69) is 18.8 Å². The first-order valence-electron chi connectivity index (χ1n) is 9.28. The first kappa shape index (κ1) is 18.5. The summed E-state index contributed by atoms with van der Waals surface area (Å²) in [6.07, 6.45) is 5.29. The molecule has 1 unspecified atom stereocenters. The molecule has 0 fully saturated rings. The van der Waals surface area contributed by atoms with Gasteiger partial charge in [0.05, 0.1) is 6.61 Å². The average Bonchev–Trinajstić information content (AvgIpc) is 2.59. The lowest BCUT2D eigenvalue weighted by Gasteiger charge is -2.39. The van der Waals surface area contributed by atoms with Gasteiger partial charge in [-0.1, -0.05) is 26.8 Å². The number of hydrogen-bond acceptors (Lipinski definition) is 5. The highest BCUT2D eigenvalue weighted by molar-refractivity contribution is 6.09. The van der Waals surface area contributed by atoms with Crippen LogP contribution in [-0.2, 0) is 14.3 Å². The summed E-state index contributed by atoms with van der Waals surface area (Å²) >= 11 is 0. The van der Waals surface area contributed by atoms with Crippen LogP contribution in [-0.4, -0.2) is 29.1 Å². The molecule has 0 N–H and O–H groups in total. The third-order valence-electron chi connectivity index (χ3n) is 5.12. The molecule has 0 amide bonds. The van der Waals surface area contributed by atoms with Crippen molar-refractivity contribution in [3.8, 4) is 0 Å². The van der Waals surface area contributed by atoms with Crippen LogP contribution in [0.15, 0.2) is 40.8 Å². The van der Waals surface area contributed by atoms with E-state index in [-0.39, 0.29) is 23.1 Å². The van der Waals surface area contributed by atoms with Crippen molar-refractivity contribution in [3.63, 3.8) is 0 Å². The van der Waals surface area contributed by atoms with E-state index in [1.165, 1.54) is 0 Å². The third kappa shape index (κ3) is 3.35. The Labute approximate surface area is 154 Å². The minimum absolute atomic E-state index is 0.0818. The third-order valence-corrected chi connectivity index (χ3v) is 5.12. The smallest absolute Gasteiger partial charge is 0.315 e. The summed E-state index contributed by atoms with van der Waals surface area (Å²) in [5, 5.41) is 0. The summed E-state index contributed by atoms with van der Waals surface area (Å²) < 4.78 is 5.35. The van der Waals surface area contributed by atoms with Crippen LogP contribution in [0.5, 0.6) is 0 Å². The highest BCUT2D eigenvalue weighted by atomic mass is 16.5. The number of pyridine rings is 1. The van der Waals surface area contributed by atoms with E-state index in [1.807, 2.05) is 19.1 Å². The van der Waals surface area contributed by atoms with Crippen LogP contribution in [0.3, 0.4) is 0 Å². The van der Waals surface area contributed by atoms with Crippen molar-refractivity contribution in [3.05, 3.63) is 41.4 Å². The molecular weight excluding hydrogens is 328 g/mol. The lowest BCUT2D eigenvalue weighted by molar-refractivity contribution is -0.146. The molecule has 3 rings (SSSR count). The second-order valence-electron chi connectivity index (χ2n) is 7.75. The van der Waals surface area contributed by atoms with Gasteiger partial charge >= 0.3 is 5.97 Å². The Morgan fingerprint density at radius 2 is 2.08 bits per heavy atom. The van der Waals surface area contributed by atoms with E-state index in [0.717, 1.165) is 23.4 Å². The van der Waals surface area contributed by atoms with Gasteiger partial charge in [0.15, 0.2) is 5.78 Å². The minimum atomic E-state index is -0.562. The Bertz CT molecular complexity index is 778. The second kappa shape index (κ2) is 7.14. The quantitative estimate of drug-likeness (QED) is 0.770. The Balaban J connectivity index is 2.18. The largest absolute Gasteiger partial charge is 0.465 e. The second-order valence-corrected chi connectivity index (χ2v) is 7.75. The Morgan fingerprint density at radius 1 is 1.31 bits per heavy atom. The van der Waals surface area contributed by atoms with Crippen molar-refractivity contribution in [2.75, 3.05) is 6.61 Å². The molecule has 5 nitrogen and oxygen atoms in total. The number of aromatic nitrogens is 1. The van der Waals surface area contributed by atoms with Crippen LogP contribution in [0.2, 0.25) is 0 Å². The summed E-state index contributed by atoms with van der Waals surface area (Å²) in [4.78, 5) is 34.9. The lowest BCUT2D eigenvalue weighted by atomic mass is 9.66. The monoisotopic (exact) mass is 354 g/mol. The normalized spacial score (nSPS) is 24.8. The van der Waals surface area contributed by atoms with Crippen molar-refractivity contribution < 1.29 is 14.3 Å². The lowest BCUT2D eigenvalue weighted by Crippen LogP contribution is -2.40. The van der Waals surface area contributed by atoms with Crippen LogP contribution in [0.25, 0.3) is 0 Å². The molecule has 1 aromatic heterocycles. The molecule has 1 aliphatic heterocycles. The molecule has 0 radical (unpaired) electrons. The fourth-order valence-electron chi connectivity index (χ4n) is 4.08. The zero-order valence-electron chi connectivity index (χ0n) is 15.9. The zero-order chi connectivity index (χ0) is 18.9. The highest BCUT2D eigenvalue weighted by Gasteiger charge is 2.46. The van der Waals surface area contributed by atoms with Crippen LogP contribution in [0.4, 0.5) is 0 Å². The number of hydrogen-bond donors (Lipinski definition) is 0. The molecule has 138 valence electrons. The van der Waals surface area contributed by atoms with Gasteiger partial charge in [0.25, 0.3) is 0 Å². The minimum Gasteiger partial charge on any atom is -0.465 e. The number of carbonyl (C=O) groups is 2. The molecule has 0 saturated carbocycles. The van der Waals surface area contributed by atoms with Crippen molar-refractivity contribution in [2.45, 2.75) is 52.9 Å². The van der Waals surface area contributed by atoms with Gasteiger partial charge in [0, 0.05) is 41.7 Å². The van der Waals surface area contributed by atoms with Gasteiger partial charge in [0.2, 0.25) is 0 Å². The number of allylic oxidation sites excluding steroid dienone is 2. The number of Topliss-reactive ketones (excluding diaryl/α,β-unsaturated/α-hetero) is 1. The number of nitrogens with zero attached hydrogens (tertiary/aromatic N) is 2. The molecule has 1 aromatic rings. The first-order valence-corrected chi connectivity index (χ1v) is 9.28. The number of ether oxygens (including phenoxy) is 1. The summed E-state index contributed by atoms with van der Waals surface area (Å²) in [6.45, 7) is 8.27. The molecule has 2 heterocycles. The van der Waals surface area contributed by atoms with E-state index in [1.54, 1.807) is 19.3 Å². The summed E-state index contributed by atoms with van der Waals surface area (Å²) in [6, 6.07) is 3.77. The number of aliphatic imine (C=N–C) groups is 1. The maximum atomic E-state index is 13.0. The molecule has 0 bridgehead atoms. The van der Waals surface area contributed by atoms with Gasteiger partial charge in [-0.2, -0.15) is 0 Å². The topological polar surface area (TPSA) is 68.6 Å². The van der Waals surface area contributed by atoms with Crippen LogP contribution >= 0.6 is 0 Å². The first-order chi connectivity index (χ1) is 12.4. The van der Waals surface area contributed by atoms with Crippen molar-refractivity contribution in [1.29, 1.82) is 0 Å². The molecule has 0 spiro atoms. The fourth-order valence-corrected chi connectivity index (χ4v) is 4.08. The van der Waals surface area contributed by atoms with Gasteiger partial charge in [-0.05, 0) is 36.8 Å². The highest BCUT2D eigenvalue weighted by Crippen LogP contribution is 2.48. The predicted molar refractivity (Wildman–Crippen MR) is 99.9 cm³/mol. The van der Waals surface area contributed by atoms with Crippen molar-refractivity contribution >= 4 is 17.5 Å². The van der Waals surface area contributed by atoms with E-state index < -0.39 is 5.92 Å². The molecule has 1 aliphatic carbocycles. The molecular formula is C21H26N2O3. The molecule has 26 heavy (non-hydrogen) atoms. The maximum absolute atomic E-state index is 13.0. The Morgan fingerprint density at radius 3 is 2.69 bits per heavy atom. The number of ketones is 1. The fraction of sp³-hybridized carbons (Fsp3) is 0.524. The number of rotatable bonds is 4. The van der Waals surface area contributed by atoms with Gasteiger partial charge in [0.1, 0.15) is 5.92 Å². The van der Waals surface area contributed by atoms with E-state index in [4.69, 9.17) is 9.73 Å². The van der Waals surface area contributed by atoms with Gasteiger partial charge in [-0.25, -0.2) is 0 Å². The zero-order valence-corrected chi connectivity index (χ0v) is 15.9. The molecule has 2 atom stereocenters. The van der Waals surface area contributed by atoms with E-state index >= 15 is 0 Å². The molecule has 2 aliphatic rings. The average molecular weight is 354 g/mol. The predicted octanol–water partition coefficient (Wildman–Crippen LogP) is 3.85. The summed E-state index contributed by atoms with van der Waals surface area (Å²) in [5.74, 6) is -1.16. The van der Waals surface area contributed by atoms with Crippen molar-refractivity contribution in [1.82, 2.24) is 4.98 Å². The number of carbonyl (C=O) groups excluding carboxylic acids is 2. The molecule has 0 aromatic carbocycles. The van der Waals surface area contributed by atoms with E-state index in [0.29, 0.717) is 25.0 Å².